The minimum Gasteiger partial charge on any atom is -0.389 e. The molecule has 1 heteroatoms. The molecule has 92 valence electrons. The van der Waals surface area contributed by atoms with E-state index in [0.717, 1.165) is 12.3 Å². The van der Waals surface area contributed by atoms with Crippen LogP contribution < -0.4 is 0 Å². The molecule has 1 nitrogen and oxygen atoms in total. The van der Waals surface area contributed by atoms with Crippen molar-refractivity contribution in [1.82, 2.24) is 0 Å². The van der Waals surface area contributed by atoms with Crippen LogP contribution in [0, 0.1) is 28.6 Å². The molecule has 1 N–H and O–H groups in total. The van der Waals surface area contributed by atoms with Gasteiger partial charge in [0.1, 0.15) is 0 Å². The summed E-state index contributed by atoms with van der Waals surface area (Å²) < 4.78 is 0. The van der Waals surface area contributed by atoms with Gasteiger partial charge in [-0.15, -0.1) is 0 Å². The van der Waals surface area contributed by atoms with Crippen molar-refractivity contribution in [2.24, 2.45) is 28.6 Å². The fourth-order valence-corrected chi connectivity index (χ4v) is 5.17. The first-order valence-corrected chi connectivity index (χ1v) is 7.00. The van der Waals surface area contributed by atoms with E-state index in [-0.39, 0.29) is 5.60 Å². The maximum Gasteiger partial charge on any atom is 0.0711 e. The Morgan fingerprint density at radius 2 is 1.75 bits per heavy atom. The Hall–Kier alpha value is -0.0400. The largest absolute Gasteiger partial charge is 0.389 e. The summed E-state index contributed by atoms with van der Waals surface area (Å²) in [6.45, 7) is 9.42. The van der Waals surface area contributed by atoms with Crippen LogP contribution in [0.25, 0.3) is 0 Å². The van der Waals surface area contributed by atoms with Gasteiger partial charge in [0.15, 0.2) is 0 Å². The van der Waals surface area contributed by atoms with Crippen molar-refractivity contribution in [2.45, 2.75) is 65.4 Å². The third kappa shape index (κ3) is 1.27. The van der Waals surface area contributed by atoms with Gasteiger partial charge >= 0.3 is 0 Å². The van der Waals surface area contributed by atoms with E-state index in [1.807, 2.05) is 0 Å². The minimum atomic E-state index is -0.358. The molecule has 0 aromatic heterocycles. The van der Waals surface area contributed by atoms with E-state index in [9.17, 15) is 5.11 Å². The van der Waals surface area contributed by atoms with Crippen molar-refractivity contribution in [3.05, 3.63) is 0 Å². The summed E-state index contributed by atoms with van der Waals surface area (Å²) in [5.41, 5.74) is 0.460. The zero-order valence-corrected chi connectivity index (χ0v) is 11.2. The van der Waals surface area contributed by atoms with Crippen LogP contribution >= 0.6 is 0 Å². The van der Waals surface area contributed by atoms with Crippen LogP contribution in [-0.4, -0.2) is 10.7 Å². The molecule has 0 aromatic carbocycles. The summed E-state index contributed by atoms with van der Waals surface area (Å²) in [6, 6.07) is 0. The molecule has 0 aliphatic heterocycles. The molecule has 3 aliphatic carbocycles. The van der Waals surface area contributed by atoms with Crippen molar-refractivity contribution in [3.63, 3.8) is 0 Å². The number of hydrogen-bond acceptors (Lipinski definition) is 1. The fourth-order valence-electron chi connectivity index (χ4n) is 5.17. The van der Waals surface area contributed by atoms with Crippen molar-refractivity contribution in [1.29, 1.82) is 0 Å². The quantitative estimate of drug-likeness (QED) is 0.664. The van der Waals surface area contributed by atoms with Gasteiger partial charge in [0.25, 0.3) is 0 Å². The maximum atomic E-state index is 11.2. The summed E-state index contributed by atoms with van der Waals surface area (Å²) in [6.07, 6.45) is 6.23. The molecule has 0 amide bonds. The van der Waals surface area contributed by atoms with Gasteiger partial charge in [-0.3, -0.25) is 0 Å². The molecule has 3 aliphatic rings. The second kappa shape index (κ2) is 2.85. The van der Waals surface area contributed by atoms with Crippen LogP contribution in [0.5, 0.6) is 0 Å². The molecule has 0 aromatic rings. The number of fused-ring (bicyclic) bond motifs is 3. The van der Waals surface area contributed by atoms with Gasteiger partial charge in [0.2, 0.25) is 0 Å². The second-order valence-electron chi connectivity index (χ2n) is 7.97. The Morgan fingerprint density at radius 1 is 1.06 bits per heavy atom. The van der Waals surface area contributed by atoms with E-state index in [1.165, 1.54) is 25.7 Å². The second-order valence-corrected chi connectivity index (χ2v) is 7.97. The summed E-state index contributed by atoms with van der Waals surface area (Å²) in [5.74, 6) is 1.99. The van der Waals surface area contributed by atoms with E-state index in [0.29, 0.717) is 22.7 Å². The molecule has 0 saturated heterocycles. The first kappa shape index (κ1) is 11.1. The summed E-state index contributed by atoms with van der Waals surface area (Å²) in [7, 11) is 0. The van der Waals surface area contributed by atoms with Gasteiger partial charge < -0.3 is 5.11 Å². The minimum absolute atomic E-state index is 0.338. The molecule has 16 heavy (non-hydrogen) atoms. The number of hydrogen-bond donors (Lipinski definition) is 1. The lowest BCUT2D eigenvalue weighted by Crippen LogP contribution is -2.44. The smallest absolute Gasteiger partial charge is 0.0711 e. The molecule has 3 rings (SSSR count). The molecule has 0 unspecified atom stereocenters. The fraction of sp³-hybridized carbons (Fsp3) is 1.00. The van der Waals surface area contributed by atoms with Gasteiger partial charge in [0, 0.05) is 0 Å². The molecule has 3 saturated carbocycles. The highest BCUT2D eigenvalue weighted by atomic mass is 16.3. The summed E-state index contributed by atoms with van der Waals surface area (Å²) in [5, 5.41) is 11.2. The van der Waals surface area contributed by atoms with E-state index in [4.69, 9.17) is 0 Å². The Labute approximate surface area is 99.6 Å². The van der Waals surface area contributed by atoms with Crippen LogP contribution in [0.1, 0.15) is 59.8 Å². The van der Waals surface area contributed by atoms with Crippen molar-refractivity contribution in [3.8, 4) is 0 Å². The monoisotopic (exact) mass is 222 g/mol. The van der Waals surface area contributed by atoms with Crippen LogP contribution in [0.2, 0.25) is 0 Å². The predicted octanol–water partition coefficient (Wildman–Crippen LogP) is 3.61. The Bertz CT molecular complexity index is 321. The zero-order chi connectivity index (χ0) is 11.8. The SMILES string of the molecule is C[C@@H]1CC[C@H]2[C@]3(C)C[C@@H]3CC(C)(C)C[C@]12O. The molecule has 0 spiro atoms. The van der Waals surface area contributed by atoms with Crippen LogP contribution in [-0.2, 0) is 0 Å². The average molecular weight is 222 g/mol. The molecular formula is C15H26O. The van der Waals surface area contributed by atoms with Crippen molar-refractivity contribution >= 4 is 0 Å². The van der Waals surface area contributed by atoms with Gasteiger partial charge in [-0.1, -0.05) is 27.7 Å². The highest BCUT2D eigenvalue weighted by Crippen LogP contribution is 2.71. The molecular weight excluding hydrogens is 196 g/mol. The van der Waals surface area contributed by atoms with E-state index < -0.39 is 0 Å². The van der Waals surface area contributed by atoms with E-state index in [2.05, 4.69) is 27.7 Å². The van der Waals surface area contributed by atoms with Gasteiger partial charge in [-0.25, -0.2) is 0 Å². The normalized spacial score (nSPS) is 58.7. The van der Waals surface area contributed by atoms with Gasteiger partial charge in [0.05, 0.1) is 5.60 Å². The summed E-state index contributed by atoms with van der Waals surface area (Å²) >= 11 is 0. The first-order chi connectivity index (χ1) is 7.28. The van der Waals surface area contributed by atoms with Crippen molar-refractivity contribution in [2.75, 3.05) is 0 Å². The lowest BCUT2D eigenvalue weighted by molar-refractivity contribution is -0.0747. The Morgan fingerprint density at radius 3 is 2.44 bits per heavy atom. The van der Waals surface area contributed by atoms with Gasteiger partial charge in [-0.05, 0) is 60.7 Å². The van der Waals surface area contributed by atoms with Gasteiger partial charge in [-0.2, -0.15) is 0 Å². The Balaban J connectivity index is 2.01. The highest BCUT2D eigenvalue weighted by molar-refractivity contribution is 5.16. The van der Waals surface area contributed by atoms with Crippen molar-refractivity contribution < 1.29 is 5.11 Å². The first-order valence-electron chi connectivity index (χ1n) is 7.00. The molecule has 0 heterocycles. The van der Waals surface area contributed by atoms with Crippen LogP contribution in [0.4, 0.5) is 0 Å². The molecule has 0 bridgehead atoms. The number of aliphatic hydroxyl groups is 1. The van der Waals surface area contributed by atoms with Crippen LogP contribution in [0.15, 0.2) is 0 Å². The van der Waals surface area contributed by atoms with E-state index >= 15 is 0 Å². The average Bonchev–Trinajstić information content (AvgIpc) is 2.64. The third-order valence-electron chi connectivity index (χ3n) is 6.16. The number of rotatable bonds is 0. The lowest BCUT2D eigenvalue weighted by Gasteiger charge is -2.40. The van der Waals surface area contributed by atoms with E-state index in [1.54, 1.807) is 0 Å². The Kier molecular flexibility index (Phi) is 1.98. The third-order valence-corrected chi connectivity index (χ3v) is 6.16. The zero-order valence-electron chi connectivity index (χ0n) is 11.2. The molecule has 5 atom stereocenters. The lowest BCUT2D eigenvalue weighted by atomic mass is 9.70. The highest BCUT2D eigenvalue weighted by Gasteiger charge is 2.67. The molecule has 0 radical (unpaired) electrons. The topological polar surface area (TPSA) is 20.2 Å². The predicted molar refractivity (Wildman–Crippen MR) is 66.1 cm³/mol. The summed E-state index contributed by atoms with van der Waals surface area (Å²) in [4.78, 5) is 0. The maximum absolute atomic E-state index is 11.2. The molecule has 3 fully saturated rings. The van der Waals surface area contributed by atoms with Crippen LogP contribution in [0.3, 0.4) is 0 Å². The standard InChI is InChI=1S/C15H26O/c1-10-5-6-12-14(4)8-11(14)7-13(2,3)9-15(10,12)16/h10-12,16H,5-9H2,1-4H3/t10-,11+,12+,14-,15+/m1/s1.